The van der Waals surface area contributed by atoms with E-state index in [0.717, 1.165) is 33.7 Å². The van der Waals surface area contributed by atoms with Crippen molar-refractivity contribution in [3.05, 3.63) is 94.5 Å². The second kappa shape index (κ2) is 11.6. The summed E-state index contributed by atoms with van der Waals surface area (Å²) in [7, 11) is 0. The molecule has 0 saturated heterocycles. The van der Waals surface area contributed by atoms with Crippen molar-refractivity contribution >= 4 is 23.7 Å². The second-order valence-electron chi connectivity index (χ2n) is 7.93. The van der Waals surface area contributed by atoms with Crippen LogP contribution in [0.25, 0.3) is 0 Å². The maximum Gasteiger partial charge on any atom is 0.240 e. The number of aryl methyl sites for hydroxylation is 2. The highest BCUT2D eigenvalue weighted by molar-refractivity contribution is 5.94. The maximum absolute atomic E-state index is 12.1. The first-order valence-electron chi connectivity index (χ1n) is 10.9. The molecule has 6 nitrogen and oxygen atoms in total. The van der Waals surface area contributed by atoms with Gasteiger partial charge < -0.3 is 10.1 Å². The average Bonchev–Trinajstić information content (AvgIpc) is 2.81. The molecule has 0 aliphatic rings. The Morgan fingerprint density at radius 3 is 2.30 bits per heavy atom. The summed E-state index contributed by atoms with van der Waals surface area (Å²) in [5, 5.41) is 6.81. The summed E-state index contributed by atoms with van der Waals surface area (Å²) in [6.45, 7) is 6.50. The molecule has 2 N–H and O–H groups in total. The minimum absolute atomic E-state index is 0.0554. The predicted molar refractivity (Wildman–Crippen MR) is 131 cm³/mol. The number of anilines is 1. The van der Waals surface area contributed by atoms with Gasteiger partial charge in [0.2, 0.25) is 11.8 Å². The maximum atomic E-state index is 12.1. The summed E-state index contributed by atoms with van der Waals surface area (Å²) >= 11 is 0. The number of nitrogens with zero attached hydrogens (tertiary/aromatic N) is 1. The van der Waals surface area contributed by atoms with Crippen LogP contribution >= 0.6 is 0 Å². The van der Waals surface area contributed by atoms with Crippen molar-refractivity contribution < 1.29 is 14.3 Å². The zero-order valence-electron chi connectivity index (χ0n) is 19.2. The van der Waals surface area contributed by atoms with Gasteiger partial charge in [-0.25, -0.2) is 5.43 Å². The molecule has 0 aromatic heterocycles. The monoisotopic (exact) mass is 443 g/mol. The Morgan fingerprint density at radius 2 is 1.58 bits per heavy atom. The number of ether oxygens (including phenoxy) is 1. The standard InChI is InChI=1S/C27H29N3O3/c1-19-7-9-23(10-8-19)18-33-24-13-11-22(12-14-24)17-28-30-27(32)16-15-26(31)29-25-6-4-5-20(2)21(25)3/h4-14,17H,15-16,18H2,1-3H3,(H,29,31)(H,30,32). The van der Waals surface area contributed by atoms with E-state index in [9.17, 15) is 9.59 Å². The van der Waals surface area contributed by atoms with Gasteiger partial charge in [-0.05, 0) is 73.4 Å². The Morgan fingerprint density at radius 1 is 0.879 bits per heavy atom. The first kappa shape index (κ1) is 23.7. The highest BCUT2D eigenvalue weighted by atomic mass is 16.5. The van der Waals surface area contributed by atoms with Gasteiger partial charge in [-0.2, -0.15) is 5.10 Å². The van der Waals surface area contributed by atoms with Gasteiger partial charge in [-0.3, -0.25) is 9.59 Å². The fourth-order valence-corrected chi connectivity index (χ4v) is 3.06. The summed E-state index contributed by atoms with van der Waals surface area (Å²) in [4.78, 5) is 24.1. The third-order valence-corrected chi connectivity index (χ3v) is 5.27. The first-order chi connectivity index (χ1) is 15.9. The van der Waals surface area contributed by atoms with Crippen LogP contribution < -0.4 is 15.5 Å². The Hall–Kier alpha value is -3.93. The van der Waals surface area contributed by atoms with Gasteiger partial charge in [-0.15, -0.1) is 0 Å². The first-order valence-corrected chi connectivity index (χ1v) is 10.9. The van der Waals surface area contributed by atoms with Crippen LogP contribution in [0.4, 0.5) is 5.69 Å². The molecule has 0 atom stereocenters. The number of nitrogens with one attached hydrogen (secondary N) is 2. The fourth-order valence-electron chi connectivity index (χ4n) is 3.06. The van der Waals surface area contributed by atoms with Crippen LogP contribution in [0.2, 0.25) is 0 Å². The van der Waals surface area contributed by atoms with Crippen molar-refractivity contribution in [3.8, 4) is 5.75 Å². The van der Waals surface area contributed by atoms with E-state index in [1.165, 1.54) is 5.56 Å². The molecule has 0 heterocycles. The molecule has 0 spiro atoms. The lowest BCUT2D eigenvalue weighted by molar-refractivity contribution is -0.124. The minimum Gasteiger partial charge on any atom is -0.489 e. The zero-order valence-corrected chi connectivity index (χ0v) is 19.2. The molecule has 6 heteroatoms. The molecule has 33 heavy (non-hydrogen) atoms. The smallest absolute Gasteiger partial charge is 0.240 e. The van der Waals surface area contributed by atoms with Crippen molar-refractivity contribution in [3.63, 3.8) is 0 Å². The highest BCUT2D eigenvalue weighted by Gasteiger charge is 2.08. The molecule has 0 aliphatic carbocycles. The predicted octanol–water partition coefficient (Wildman–Crippen LogP) is 5.06. The molecular formula is C27H29N3O3. The number of carbonyl (C=O) groups excluding carboxylic acids is 2. The minimum atomic E-state index is -0.319. The van der Waals surface area contributed by atoms with Gasteiger partial charge in [0.15, 0.2) is 0 Å². The molecular weight excluding hydrogens is 414 g/mol. The Bertz CT molecular complexity index is 1120. The number of hydrogen-bond donors (Lipinski definition) is 2. The molecule has 170 valence electrons. The largest absolute Gasteiger partial charge is 0.489 e. The lowest BCUT2D eigenvalue weighted by Gasteiger charge is -2.10. The fraction of sp³-hybridized carbons (Fsp3) is 0.222. The SMILES string of the molecule is Cc1ccc(COc2ccc(C=NNC(=O)CCC(=O)Nc3cccc(C)c3C)cc2)cc1. The number of carbonyl (C=O) groups is 2. The van der Waals surface area contributed by atoms with Crippen LogP contribution in [0.3, 0.4) is 0 Å². The second-order valence-corrected chi connectivity index (χ2v) is 7.93. The molecule has 3 aromatic carbocycles. The molecule has 0 saturated carbocycles. The van der Waals surface area contributed by atoms with Gasteiger partial charge in [0.25, 0.3) is 0 Å². The summed E-state index contributed by atoms with van der Waals surface area (Å²) in [6.07, 6.45) is 1.69. The van der Waals surface area contributed by atoms with Crippen LogP contribution in [0.1, 0.15) is 40.7 Å². The molecule has 0 aliphatic heterocycles. The van der Waals surface area contributed by atoms with Crippen LogP contribution in [0.5, 0.6) is 5.75 Å². The van der Waals surface area contributed by atoms with E-state index in [4.69, 9.17) is 4.74 Å². The van der Waals surface area contributed by atoms with Crippen molar-refractivity contribution in [1.29, 1.82) is 0 Å². The lowest BCUT2D eigenvalue weighted by Crippen LogP contribution is -2.21. The Balaban J connectivity index is 1.39. The summed E-state index contributed by atoms with van der Waals surface area (Å²) < 4.78 is 5.79. The van der Waals surface area contributed by atoms with E-state index in [-0.39, 0.29) is 24.7 Å². The average molecular weight is 444 g/mol. The van der Waals surface area contributed by atoms with E-state index in [2.05, 4.69) is 34.9 Å². The molecule has 2 amide bonds. The summed E-state index contributed by atoms with van der Waals surface area (Å²) in [5.74, 6) is 0.232. The molecule has 3 rings (SSSR count). The third kappa shape index (κ3) is 7.61. The van der Waals surface area contributed by atoms with Crippen LogP contribution in [-0.2, 0) is 16.2 Å². The third-order valence-electron chi connectivity index (χ3n) is 5.27. The number of amides is 2. The van der Waals surface area contributed by atoms with Crippen molar-refractivity contribution in [1.82, 2.24) is 5.43 Å². The number of rotatable bonds is 9. The van der Waals surface area contributed by atoms with Gasteiger partial charge >= 0.3 is 0 Å². The van der Waals surface area contributed by atoms with Gasteiger partial charge in [0, 0.05) is 18.5 Å². The highest BCUT2D eigenvalue weighted by Crippen LogP contribution is 2.18. The van der Waals surface area contributed by atoms with E-state index in [0.29, 0.717) is 6.61 Å². The number of hydrogen-bond acceptors (Lipinski definition) is 4. The van der Waals surface area contributed by atoms with Crippen LogP contribution in [0.15, 0.2) is 71.8 Å². The molecule has 0 radical (unpaired) electrons. The Kier molecular flexibility index (Phi) is 8.36. The normalized spacial score (nSPS) is 10.8. The molecule has 3 aromatic rings. The van der Waals surface area contributed by atoms with Crippen molar-refractivity contribution in [2.75, 3.05) is 5.32 Å². The van der Waals surface area contributed by atoms with E-state index < -0.39 is 0 Å². The van der Waals surface area contributed by atoms with Crippen LogP contribution in [-0.4, -0.2) is 18.0 Å². The number of hydrazone groups is 1. The van der Waals surface area contributed by atoms with E-state index >= 15 is 0 Å². The lowest BCUT2D eigenvalue weighted by atomic mass is 10.1. The van der Waals surface area contributed by atoms with E-state index in [1.807, 2.05) is 68.4 Å². The van der Waals surface area contributed by atoms with E-state index in [1.54, 1.807) is 6.21 Å². The van der Waals surface area contributed by atoms with Gasteiger partial charge in [0.05, 0.1) is 6.21 Å². The molecule has 0 unspecified atom stereocenters. The van der Waals surface area contributed by atoms with Crippen molar-refractivity contribution in [2.45, 2.75) is 40.2 Å². The molecule has 0 fully saturated rings. The summed E-state index contributed by atoms with van der Waals surface area (Å²) in [5.41, 5.74) is 8.50. The summed E-state index contributed by atoms with van der Waals surface area (Å²) in [6, 6.07) is 21.4. The van der Waals surface area contributed by atoms with Gasteiger partial charge in [-0.1, -0.05) is 42.0 Å². The quantitative estimate of drug-likeness (QED) is 0.358. The number of benzene rings is 3. The van der Waals surface area contributed by atoms with Crippen molar-refractivity contribution in [2.24, 2.45) is 5.10 Å². The van der Waals surface area contributed by atoms with Gasteiger partial charge in [0.1, 0.15) is 12.4 Å². The zero-order chi connectivity index (χ0) is 23.6. The molecule has 0 bridgehead atoms. The topological polar surface area (TPSA) is 79.8 Å². The Labute approximate surface area is 194 Å². The van der Waals surface area contributed by atoms with Crippen LogP contribution in [0, 0.1) is 20.8 Å².